The Labute approximate surface area is 104 Å². The molecule has 1 rings (SSSR count). The van der Waals surface area contributed by atoms with E-state index in [1.54, 1.807) is 18.7 Å². The Morgan fingerprint density at radius 1 is 1.56 bits per heavy atom. The minimum Gasteiger partial charge on any atom is -0.366 e. The standard InChI is InChI=1S/C10H14ClN3OS/c1-6(5-16-3)12-10-8(4-15)9(11)13-7(2)14-10/h4,6H,5H2,1-3H3,(H,12,13,14). The van der Waals surface area contributed by atoms with Crippen LogP contribution in [0, 0.1) is 6.92 Å². The van der Waals surface area contributed by atoms with E-state index in [1.807, 2.05) is 13.2 Å². The monoisotopic (exact) mass is 259 g/mol. The van der Waals surface area contributed by atoms with Crippen LogP contribution in [-0.2, 0) is 0 Å². The van der Waals surface area contributed by atoms with Crippen LogP contribution in [0.2, 0.25) is 5.15 Å². The molecule has 1 heterocycles. The van der Waals surface area contributed by atoms with Crippen molar-refractivity contribution in [2.75, 3.05) is 17.3 Å². The Kier molecular flexibility index (Phi) is 5.02. The first-order valence-electron chi connectivity index (χ1n) is 4.83. The Morgan fingerprint density at radius 2 is 2.25 bits per heavy atom. The molecule has 0 bridgehead atoms. The van der Waals surface area contributed by atoms with Crippen LogP contribution in [0.5, 0.6) is 0 Å². The number of thioether (sulfide) groups is 1. The largest absolute Gasteiger partial charge is 0.366 e. The van der Waals surface area contributed by atoms with Gasteiger partial charge in [0.25, 0.3) is 0 Å². The van der Waals surface area contributed by atoms with Crippen LogP contribution >= 0.6 is 23.4 Å². The zero-order valence-electron chi connectivity index (χ0n) is 9.45. The molecular weight excluding hydrogens is 246 g/mol. The molecule has 1 aromatic rings. The molecule has 0 saturated carbocycles. The van der Waals surface area contributed by atoms with Gasteiger partial charge in [0.05, 0.1) is 5.56 Å². The molecule has 0 aliphatic rings. The van der Waals surface area contributed by atoms with Crippen molar-refractivity contribution in [3.05, 3.63) is 16.5 Å². The number of carbonyl (C=O) groups excluding carboxylic acids is 1. The van der Waals surface area contributed by atoms with Gasteiger partial charge in [-0.1, -0.05) is 11.6 Å². The van der Waals surface area contributed by atoms with Gasteiger partial charge in [-0.3, -0.25) is 4.79 Å². The molecule has 0 saturated heterocycles. The van der Waals surface area contributed by atoms with Crippen molar-refractivity contribution in [3.8, 4) is 0 Å². The molecular formula is C10H14ClN3OS. The van der Waals surface area contributed by atoms with Crippen LogP contribution < -0.4 is 5.32 Å². The van der Waals surface area contributed by atoms with E-state index in [1.165, 1.54) is 0 Å². The zero-order chi connectivity index (χ0) is 12.1. The number of nitrogens with one attached hydrogen (secondary N) is 1. The summed E-state index contributed by atoms with van der Waals surface area (Å²) in [7, 11) is 0. The Balaban J connectivity index is 2.97. The van der Waals surface area contributed by atoms with Gasteiger partial charge in [-0.15, -0.1) is 0 Å². The molecule has 0 radical (unpaired) electrons. The topological polar surface area (TPSA) is 54.9 Å². The van der Waals surface area contributed by atoms with Crippen molar-refractivity contribution in [2.45, 2.75) is 19.9 Å². The number of aldehydes is 1. The van der Waals surface area contributed by atoms with Crippen LogP contribution in [0.1, 0.15) is 23.1 Å². The van der Waals surface area contributed by atoms with Crippen LogP contribution in [-0.4, -0.2) is 34.3 Å². The average molecular weight is 260 g/mol. The van der Waals surface area contributed by atoms with Crippen molar-refractivity contribution in [3.63, 3.8) is 0 Å². The first kappa shape index (κ1) is 13.3. The van der Waals surface area contributed by atoms with Gasteiger partial charge in [0.15, 0.2) is 6.29 Å². The highest BCUT2D eigenvalue weighted by molar-refractivity contribution is 7.98. The lowest BCUT2D eigenvalue weighted by Gasteiger charge is -2.15. The summed E-state index contributed by atoms with van der Waals surface area (Å²) in [5, 5.41) is 3.35. The molecule has 0 aliphatic heterocycles. The number of hydrogen-bond acceptors (Lipinski definition) is 5. The highest BCUT2D eigenvalue weighted by atomic mass is 35.5. The highest BCUT2D eigenvalue weighted by Crippen LogP contribution is 2.20. The van der Waals surface area contributed by atoms with Crippen molar-refractivity contribution in [1.82, 2.24) is 9.97 Å². The third kappa shape index (κ3) is 3.35. The lowest BCUT2D eigenvalue weighted by Crippen LogP contribution is -2.20. The van der Waals surface area contributed by atoms with E-state index >= 15 is 0 Å². The normalized spacial score (nSPS) is 12.2. The van der Waals surface area contributed by atoms with E-state index in [4.69, 9.17) is 11.6 Å². The molecule has 0 fully saturated rings. The number of aryl methyl sites for hydroxylation is 1. The predicted molar refractivity (Wildman–Crippen MR) is 68.6 cm³/mol. The van der Waals surface area contributed by atoms with Gasteiger partial charge in [-0.25, -0.2) is 9.97 Å². The third-order valence-corrected chi connectivity index (χ3v) is 3.05. The SMILES string of the molecule is CSCC(C)Nc1nc(C)nc(Cl)c1C=O. The maximum Gasteiger partial charge on any atom is 0.156 e. The van der Waals surface area contributed by atoms with Crippen LogP contribution in [0.25, 0.3) is 0 Å². The average Bonchev–Trinajstić information content (AvgIpc) is 2.17. The van der Waals surface area contributed by atoms with E-state index in [2.05, 4.69) is 15.3 Å². The van der Waals surface area contributed by atoms with Crippen molar-refractivity contribution >= 4 is 35.5 Å². The van der Waals surface area contributed by atoms with Gasteiger partial charge in [-0.05, 0) is 20.1 Å². The minimum atomic E-state index is 0.196. The number of halogens is 1. The highest BCUT2D eigenvalue weighted by Gasteiger charge is 2.12. The maximum atomic E-state index is 10.9. The van der Waals surface area contributed by atoms with Crippen molar-refractivity contribution < 1.29 is 4.79 Å². The fraction of sp³-hybridized carbons (Fsp3) is 0.500. The summed E-state index contributed by atoms with van der Waals surface area (Å²) in [5.41, 5.74) is 0.320. The first-order chi connectivity index (χ1) is 7.58. The minimum absolute atomic E-state index is 0.196. The van der Waals surface area contributed by atoms with Gasteiger partial charge in [0.2, 0.25) is 0 Å². The molecule has 0 aliphatic carbocycles. The van der Waals surface area contributed by atoms with Gasteiger partial charge in [-0.2, -0.15) is 11.8 Å². The van der Waals surface area contributed by atoms with E-state index < -0.39 is 0 Å². The molecule has 88 valence electrons. The van der Waals surface area contributed by atoms with Crippen molar-refractivity contribution in [2.24, 2.45) is 0 Å². The lowest BCUT2D eigenvalue weighted by atomic mass is 10.3. The van der Waals surface area contributed by atoms with Gasteiger partial charge in [0.1, 0.15) is 16.8 Å². The summed E-state index contributed by atoms with van der Waals surface area (Å²) in [6.07, 6.45) is 2.70. The summed E-state index contributed by atoms with van der Waals surface area (Å²) < 4.78 is 0. The fourth-order valence-electron chi connectivity index (χ4n) is 1.29. The number of carbonyl (C=O) groups is 1. The fourth-order valence-corrected chi connectivity index (χ4v) is 2.13. The smallest absolute Gasteiger partial charge is 0.156 e. The van der Waals surface area contributed by atoms with E-state index in [0.717, 1.165) is 5.75 Å². The van der Waals surface area contributed by atoms with Crippen LogP contribution in [0.4, 0.5) is 5.82 Å². The first-order valence-corrected chi connectivity index (χ1v) is 6.60. The summed E-state index contributed by atoms with van der Waals surface area (Å²) in [5.74, 6) is 1.99. The molecule has 1 aromatic heterocycles. The lowest BCUT2D eigenvalue weighted by molar-refractivity contribution is 0.112. The Hall–Kier alpha value is -0.810. The molecule has 4 nitrogen and oxygen atoms in total. The van der Waals surface area contributed by atoms with E-state index in [0.29, 0.717) is 23.5 Å². The molecule has 0 amide bonds. The number of aromatic nitrogens is 2. The van der Waals surface area contributed by atoms with E-state index in [-0.39, 0.29) is 11.2 Å². The summed E-state index contributed by atoms with van der Waals surface area (Å²) in [4.78, 5) is 19.0. The number of nitrogens with zero attached hydrogens (tertiary/aromatic N) is 2. The van der Waals surface area contributed by atoms with Gasteiger partial charge in [0, 0.05) is 11.8 Å². The second-order valence-corrected chi connectivity index (χ2v) is 4.71. The molecule has 0 spiro atoms. The molecule has 1 N–H and O–H groups in total. The quantitative estimate of drug-likeness (QED) is 0.650. The Morgan fingerprint density at radius 3 is 2.81 bits per heavy atom. The van der Waals surface area contributed by atoms with Gasteiger partial charge >= 0.3 is 0 Å². The second kappa shape index (κ2) is 6.06. The zero-order valence-corrected chi connectivity index (χ0v) is 11.0. The number of anilines is 1. The van der Waals surface area contributed by atoms with E-state index in [9.17, 15) is 4.79 Å². The maximum absolute atomic E-state index is 10.9. The van der Waals surface area contributed by atoms with Crippen LogP contribution in [0.3, 0.4) is 0 Å². The molecule has 1 unspecified atom stereocenters. The summed E-state index contributed by atoms with van der Waals surface area (Å²) in [6.45, 7) is 3.77. The summed E-state index contributed by atoms with van der Waals surface area (Å²) >= 11 is 7.59. The van der Waals surface area contributed by atoms with Crippen molar-refractivity contribution in [1.29, 1.82) is 0 Å². The number of hydrogen-bond donors (Lipinski definition) is 1. The second-order valence-electron chi connectivity index (χ2n) is 3.44. The Bertz CT molecular complexity index is 387. The third-order valence-electron chi connectivity index (χ3n) is 1.93. The summed E-state index contributed by atoms with van der Waals surface area (Å²) in [6, 6.07) is 0.221. The predicted octanol–water partition coefficient (Wildman–Crippen LogP) is 2.41. The van der Waals surface area contributed by atoms with Crippen LogP contribution in [0.15, 0.2) is 0 Å². The molecule has 16 heavy (non-hydrogen) atoms. The molecule has 1 atom stereocenters. The number of rotatable bonds is 5. The van der Waals surface area contributed by atoms with Gasteiger partial charge < -0.3 is 5.32 Å². The molecule has 0 aromatic carbocycles. The molecule has 6 heteroatoms.